The largest absolute Gasteiger partial charge is 0.476 e. The van der Waals surface area contributed by atoms with Gasteiger partial charge in [-0.05, 0) is 49.8 Å². The molecular formula is C23H28ClF2N5O3. The SMILES string of the molecule is O=C(N[C@H]1CC[C@H](COc2nc(Nc3cccc(N4CCOCC4)c3)ncc2Cl)CC1)C(F)F. The van der Waals surface area contributed by atoms with Crippen molar-refractivity contribution < 1.29 is 23.0 Å². The fourth-order valence-electron chi connectivity index (χ4n) is 4.18. The van der Waals surface area contributed by atoms with E-state index >= 15 is 0 Å². The van der Waals surface area contributed by atoms with E-state index in [2.05, 4.69) is 31.6 Å². The highest BCUT2D eigenvalue weighted by atomic mass is 35.5. The normalized spacial score (nSPS) is 20.8. The number of aromatic nitrogens is 2. The predicted molar refractivity (Wildman–Crippen MR) is 125 cm³/mol. The number of hydrogen-bond acceptors (Lipinski definition) is 7. The van der Waals surface area contributed by atoms with Crippen molar-refractivity contribution in [3.8, 4) is 5.88 Å². The number of halogens is 3. The lowest BCUT2D eigenvalue weighted by molar-refractivity contribution is -0.132. The molecule has 1 aliphatic heterocycles. The molecule has 2 heterocycles. The van der Waals surface area contributed by atoms with E-state index < -0.39 is 12.3 Å². The summed E-state index contributed by atoms with van der Waals surface area (Å²) in [5, 5.41) is 5.90. The quantitative estimate of drug-likeness (QED) is 0.571. The average Bonchev–Trinajstić information content (AvgIpc) is 2.86. The summed E-state index contributed by atoms with van der Waals surface area (Å²) < 4.78 is 36.1. The zero-order valence-corrected chi connectivity index (χ0v) is 19.4. The second-order valence-electron chi connectivity index (χ2n) is 8.46. The molecule has 184 valence electrons. The number of hydrogen-bond donors (Lipinski definition) is 2. The Morgan fingerprint density at radius 1 is 1.24 bits per heavy atom. The minimum atomic E-state index is -2.98. The molecule has 8 nitrogen and oxygen atoms in total. The standard InChI is InChI=1S/C23H28ClF2N5O3/c24-19-13-27-23(29-17-2-1-3-18(12-17)31-8-10-33-11-9-31)30-22(19)34-14-15-4-6-16(7-5-15)28-21(32)20(25)26/h1-3,12-13,15-16,20H,4-11,14H2,(H,28,32)(H,27,29,30)/t15-,16-. The molecule has 2 fully saturated rings. The number of nitrogens with one attached hydrogen (secondary N) is 2. The summed E-state index contributed by atoms with van der Waals surface area (Å²) in [5.74, 6) is -0.316. The lowest BCUT2D eigenvalue weighted by atomic mass is 9.86. The highest BCUT2D eigenvalue weighted by Crippen LogP contribution is 2.29. The molecule has 1 aromatic carbocycles. The zero-order valence-electron chi connectivity index (χ0n) is 18.7. The van der Waals surface area contributed by atoms with Crippen LogP contribution in [0.2, 0.25) is 5.02 Å². The highest BCUT2D eigenvalue weighted by molar-refractivity contribution is 6.31. The van der Waals surface area contributed by atoms with Gasteiger partial charge in [-0.25, -0.2) is 4.98 Å². The monoisotopic (exact) mass is 495 g/mol. The van der Waals surface area contributed by atoms with Crippen molar-refractivity contribution in [1.29, 1.82) is 0 Å². The van der Waals surface area contributed by atoms with Gasteiger partial charge >= 0.3 is 6.43 Å². The number of ether oxygens (including phenoxy) is 2. The number of nitrogens with zero attached hydrogens (tertiary/aromatic N) is 3. The van der Waals surface area contributed by atoms with E-state index in [1.165, 1.54) is 6.20 Å². The van der Waals surface area contributed by atoms with Gasteiger partial charge in [0.25, 0.3) is 5.91 Å². The molecule has 4 rings (SSSR count). The van der Waals surface area contributed by atoms with Gasteiger partial charge in [0, 0.05) is 30.5 Å². The van der Waals surface area contributed by atoms with E-state index in [4.69, 9.17) is 21.1 Å². The van der Waals surface area contributed by atoms with Crippen LogP contribution in [0, 0.1) is 5.92 Å². The fraction of sp³-hybridized carbons (Fsp3) is 0.522. The molecule has 1 amide bonds. The third-order valence-electron chi connectivity index (χ3n) is 6.04. The van der Waals surface area contributed by atoms with Crippen molar-refractivity contribution in [1.82, 2.24) is 15.3 Å². The number of carbonyl (C=O) groups is 1. The maximum atomic E-state index is 12.4. The van der Waals surface area contributed by atoms with Gasteiger partial charge in [-0.2, -0.15) is 13.8 Å². The van der Waals surface area contributed by atoms with Crippen LogP contribution in [-0.2, 0) is 9.53 Å². The summed E-state index contributed by atoms with van der Waals surface area (Å²) in [7, 11) is 0. The average molecular weight is 496 g/mol. The first-order valence-corrected chi connectivity index (χ1v) is 11.8. The van der Waals surface area contributed by atoms with Crippen molar-refractivity contribution >= 4 is 34.8 Å². The summed E-state index contributed by atoms with van der Waals surface area (Å²) in [6.07, 6.45) is 1.30. The first kappa shape index (κ1) is 24.4. The van der Waals surface area contributed by atoms with Gasteiger partial charge < -0.3 is 25.0 Å². The van der Waals surface area contributed by atoms with Crippen LogP contribution < -0.4 is 20.3 Å². The minimum absolute atomic E-state index is 0.218. The van der Waals surface area contributed by atoms with Gasteiger partial charge in [-0.15, -0.1) is 0 Å². The number of morpholine rings is 1. The van der Waals surface area contributed by atoms with E-state index in [0.29, 0.717) is 43.6 Å². The Labute approximate surface area is 202 Å². The molecule has 11 heteroatoms. The van der Waals surface area contributed by atoms with Crippen molar-refractivity contribution in [3.05, 3.63) is 35.5 Å². The zero-order chi connectivity index (χ0) is 23.9. The Hall–Kier alpha value is -2.72. The number of carbonyl (C=O) groups excluding carboxylic acids is 1. The molecule has 1 aromatic heterocycles. The molecule has 0 spiro atoms. The summed E-state index contributed by atoms with van der Waals surface area (Å²) in [5.41, 5.74) is 1.94. The number of alkyl halides is 2. The van der Waals surface area contributed by atoms with E-state index in [1.807, 2.05) is 18.2 Å². The first-order chi connectivity index (χ1) is 16.5. The number of anilines is 3. The molecule has 1 saturated heterocycles. The Bertz CT molecular complexity index is 969. The topological polar surface area (TPSA) is 88.6 Å². The van der Waals surface area contributed by atoms with E-state index in [-0.39, 0.29) is 17.8 Å². The molecule has 2 aliphatic rings. The molecule has 0 bridgehead atoms. The van der Waals surface area contributed by atoms with Crippen molar-refractivity contribution in [3.63, 3.8) is 0 Å². The maximum absolute atomic E-state index is 12.4. The summed E-state index contributed by atoms with van der Waals surface area (Å²) in [4.78, 5) is 22.1. The molecule has 0 atom stereocenters. The molecule has 1 aliphatic carbocycles. The lowest BCUT2D eigenvalue weighted by Gasteiger charge is -2.29. The van der Waals surface area contributed by atoms with E-state index in [1.54, 1.807) is 0 Å². The van der Waals surface area contributed by atoms with Gasteiger partial charge in [0.1, 0.15) is 5.02 Å². The smallest absolute Gasteiger partial charge is 0.315 e. The Morgan fingerprint density at radius 3 is 2.74 bits per heavy atom. The van der Waals surface area contributed by atoms with Gasteiger partial charge in [0.2, 0.25) is 11.8 Å². The van der Waals surface area contributed by atoms with Crippen LogP contribution in [-0.4, -0.2) is 61.3 Å². The minimum Gasteiger partial charge on any atom is -0.476 e. The molecular weight excluding hydrogens is 468 g/mol. The third kappa shape index (κ3) is 6.66. The number of amides is 1. The summed E-state index contributed by atoms with van der Waals surface area (Å²) in [6, 6.07) is 7.79. The second-order valence-corrected chi connectivity index (χ2v) is 8.87. The van der Waals surface area contributed by atoms with Crippen LogP contribution in [0.3, 0.4) is 0 Å². The Kier molecular flexibility index (Phi) is 8.34. The Morgan fingerprint density at radius 2 is 2.00 bits per heavy atom. The number of benzene rings is 1. The highest BCUT2D eigenvalue weighted by Gasteiger charge is 2.26. The van der Waals surface area contributed by atoms with Crippen LogP contribution in [0.5, 0.6) is 5.88 Å². The number of rotatable bonds is 8. The molecule has 1 saturated carbocycles. The summed E-state index contributed by atoms with van der Waals surface area (Å²) >= 11 is 6.24. The maximum Gasteiger partial charge on any atom is 0.315 e. The van der Waals surface area contributed by atoms with Gasteiger partial charge in [-0.3, -0.25) is 4.79 Å². The van der Waals surface area contributed by atoms with Crippen LogP contribution in [0.15, 0.2) is 30.5 Å². The molecule has 34 heavy (non-hydrogen) atoms. The van der Waals surface area contributed by atoms with Crippen LogP contribution >= 0.6 is 11.6 Å². The third-order valence-corrected chi connectivity index (χ3v) is 6.30. The first-order valence-electron chi connectivity index (χ1n) is 11.4. The lowest BCUT2D eigenvalue weighted by Crippen LogP contribution is -2.41. The van der Waals surface area contributed by atoms with Gasteiger partial charge in [-0.1, -0.05) is 17.7 Å². The van der Waals surface area contributed by atoms with Crippen LogP contribution in [0.4, 0.5) is 26.1 Å². The molecule has 2 N–H and O–H groups in total. The summed E-state index contributed by atoms with van der Waals surface area (Å²) in [6.45, 7) is 3.52. The van der Waals surface area contributed by atoms with Crippen LogP contribution in [0.1, 0.15) is 25.7 Å². The molecule has 0 unspecified atom stereocenters. The van der Waals surface area contributed by atoms with E-state index in [0.717, 1.165) is 37.3 Å². The molecule has 2 aromatic rings. The van der Waals surface area contributed by atoms with Gasteiger partial charge in [0.05, 0.1) is 26.0 Å². The van der Waals surface area contributed by atoms with Crippen molar-refractivity contribution in [2.45, 2.75) is 38.2 Å². The van der Waals surface area contributed by atoms with E-state index in [9.17, 15) is 13.6 Å². The fourth-order valence-corrected chi connectivity index (χ4v) is 4.32. The second kappa shape index (κ2) is 11.6. The molecule has 0 radical (unpaired) electrons. The van der Waals surface area contributed by atoms with Crippen molar-refractivity contribution in [2.75, 3.05) is 43.1 Å². The predicted octanol–water partition coefficient (Wildman–Crippen LogP) is 4.03. The van der Waals surface area contributed by atoms with Gasteiger partial charge in [0.15, 0.2) is 0 Å². The van der Waals surface area contributed by atoms with Crippen molar-refractivity contribution in [2.24, 2.45) is 5.92 Å². The van der Waals surface area contributed by atoms with Crippen LogP contribution in [0.25, 0.3) is 0 Å². The Balaban J connectivity index is 1.30.